The number of nitrogens with zero attached hydrogens (tertiary/aromatic N) is 2. The van der Waals surface area contributed by atoms with Crippen LogP contribution in [0.4, 0.5) is 5.69 Å². The van der Waals surface area contributed by atoms with Gasteiger partial charge >= 0.3 is 0 Å². The van der Waals surface area contributed by atoms with Gasteiger partial charge in [0.1, 0.15) is 5.54 Å². The van der Waals surface area contributed by atoms with E-state index in [9.17, 15) is 9.59 Å². The zero-order chi connectivity index (χ0) is 18.4. The molecular weight excluding hydrogens is 340 g/mol. The Labute approximate surface area is 158 Å². The van der Waals surface area contributed by atoms with Gasteiger partial charge in [0.15, 0.2) is 0 Å². The van der Waals surface area contributed by atoms with Crippen molar-refractivity contribution in [3.63, 3.8) is 0 Å². The minimum absolute atomic E-state index is 0.0555. The van der Waals surface area contributed by atoms with Crippen molar-refractivity contribution in [2.75, 3.05) is 11.9 Å². The molecule has 2 fully saturated rings. The molecular formula is C21H22N4O2. The van der Waals surface area contributed by atoms with E-state index in [1.807, 2.05) is 36.4 Å². The minimum atomic E-state index is -0.878. The molecule has 0 bridgehead atoms. The Hall–Kier alpha value is -2.73. The second-order valence-corrected chi connectivity index (χ2v) is 7.62. The molecule has 2 N–H and O–H groups in total. The van der Waals surface area contributed by atoms with Gasteiger partial charge in [-0.1, -0.05) is 24.3 Å². The lowest BCUT2D eigenvalue weighted by molar-refractivity contribution is -0.137. The molecule has 0 radical (unpaired) electrons. The molecule has 0 unspecified atom stereocenters. The number of aromatic nitrogens is 1. The highest BCUT2D eigenvalue weighted by Gasteiger charge is 2.65. The first-order valence-electron chi connectivity index (χ1n) is 9.55. The first-order valence-corrected chi connectivity index (χ1v) is 9.55. The summed E-state index contributed by atoms with van der Waals surface area (Å²) in [7, 11) is 0. The third kappa shape index (κ3) is 2.33. The third-order valence-electron chi connectivity index (χ3n) is 6.28. The van der Waals surface area contributed by atoms with Gasteiger partial charge in [0.2, 0.25) is 11.8 Å². The van der Waals surface area contributed by atoms with E-state index in [0.717, 1.165) is 42.6 Å². The molecule has 3 atom stereocenters. The van der Waals surface area contributed by atoms with E-state index in [1.165, 1.54) is 0 Å². The normalized spacial score (nSPS) is 28.8. The van der Waals surface area contributed by atoms with Gasteiger partial charge in [-0.05, 0) is 43.5 Å². The van der Waals surface area contributed by atoms with Gasteiger partial charge in [0.25, 0.3) is 0 Å². The zero-order valence-corrected chi connectivity index (χ0v) is 15.0. The largest absolute Gasteiger partial charge is 0.352 e. The molecule has 0 saturated carbocycles. The summed E-state index contributed by atoms with van der Waals surface area (Å²) in [6.45, 7) is 1.28. The Balaban J connectivity index is 1.50. The average Bonchev–Trinajstić information content (AvgIpc) is 3.35. The van der Waals surface area contributed by atoms with E-state index in [4.69, 9.17) is 0 Å². The van der Waals surface area contributed by atoms with Gasteiger partial charge in [-0.25, -0.2) is 0 Å². The molecule has 6 nitrogen and oxygen atoms in total. The Morgan fingerprint density at radius 3 is 3.04 bits per heavy atom. The number of benzene rings is 1. The number of nitrogens with one attached hydrogen (secondary N) is 2. The van der Waals surface area contributed by atoms with Gasteiger partial charge in [0, 0.05) is 36.2 Å². The summed E-state index contributed by atoms with van der Waals surface area (Å²) < 4.78 is 0. The predicted octanol–water partition coefficient (Wildman–Crippen LogP) is 2.03. The second kappa shape index (κ2) is 6.16. The molecule has 1 aromatic heterocycles. The van der Waals surface area contributed by atoms with E-state index in [-0.39, 0.29) is 23.8 Å². The number of fused-ring (bicyclic) bond motifs is 4. The number of para-hydroxylation sites is 1. The summed E-state index contributed by atoms with van der Waals surface area (Å²) >= 11 is 0. The maximum atomic E-state index is 13.2. The van der Waals surface area contributed by atoms with E-state index >= 15 is 0 Å². The maximum absolute atomic E-state index is 13.2. The standard InChI is InChI=1S/C21H22N4O2/c26-19(23-13-14-5-3-9-22-12-14)17-11-15-6-4-10-25(15)21(17)16-7-1-2-8-18(16)24-20(21)27/h1-3,5,7-9,12,15,17H,4,6,10-11,13H2,(H,23,26)(H,24,27)/t15-,17+,21+/m1/s1. The fourth-order valence-corrected chi connectivity index (χ4v) is 5.20. The highest BCUT2D eigenvalue weighted by molar-refractivity contribution is 6.09. The van der Waals surface area contributed by atoms with Crippen LogP contribution in [0.15, 0.2) is 48.8 Å². The summed E-state index contributed by atoms with van der Waals surface area (Å²) in [4.78, 5) is 32.8. The summed E-state index contributed by atoms with van der Waals surface area (Å²) in [6, 6.07) is 11.9. The first-order chi connectivity index (χ1) is 13.2. The highest BCUT2D eigenvalue weighted by atomic mass is 16.2. The van der Waals surface area contributed by atoms with Gasteiger partial charge in [-0.2, -0.15) is 0 Å². The van der Waals surface area contributed by atoms with Crippen molar-refractivity contribution in [1.82, 2.24) is 15.2 Å². The van der Waals surface area contributed by atoms with Crippen LogP contribution in [0.25, 0.3) is 0 Å². The summed E-state index contributed by atoms with van der Waals surface area (Å²) in [6.07, 6.45) is 6.31. The Kier molecular flexibility index (Phi) is 3.75. The van der Waals surface area contributed by atoms with Gasteiger partial charge in [-0.3, -0.25) is 19.5 Å². The van der Waals surface area contributed by atoms with Crippen molar-refractivity contribution >= 4 is 17.5 Å². The number of amides is 2. The Morgan fingerprint density at radius 1 is 1.30 bits per heavy atom. The molecule has 4 heterocycles. The zero-order valence-electron chi connectivity index (χ0n) is 15.0. The molecule has 2 amide bonds. The predicted molar refractivity (Wildman–Crippen MR) is 101 cm³/mol. The van der Waals surface area contributed by atoms with Crippen LogP contribution < -0.4 is 10.6 Å². The average molecular weight is 362 g/mol. The monoisotopic (exact) mass is 362 g/mol. The Bertz CT molecular complexity index is 900. The van der Waals surface area contributed by atoms with Crippen molar-refractivity contribution in [1.29, 1.82) is 0 Å². The lowest BCUT2D eigenvalue weighted by atomic mass is 9.78. The van der Waals surface area contributed by atoms with Crippen molar-refractivity contribution < 1.29 is 9.59 Å². The van der Waals surface area contributed by atoms with E-state index < -0.39 is 5.54 Å². The lowest BCUT2D eigenvalue weighted by Gasteiger charge is -2.36. The van der Waals surface area contributed by atoms with Crippen LogP contribution in [-0.4, -0.2) is 34.3 Å². The SMILES string of the molecule is O=C(NCc1cccnc1)[C@@H]1C[C@H]2CCCN2[C@]12C(=O)Nc1ccccc12. The number of pyridine rings is 1. The number of carbonyl (C=O) groups is 2. The third-order valence-corrected chi connectivity index (χ3v) is 6.28. The van der Waals surface area contributed by atoms with Gasteiger partial charge in [0.05, 0.1) is 5.92 Å². The highest BCUT2D eigenvalue weighted by Crippen LogP contribution is 2.55. The molecule has 27 heavy (non-hydrogen) atoms. The van der Waals surface area contributed by atoms with Gasteiger partial charge < -0.3 is 10.6 Å². The fraction of sp³-hybridized carbons (Fsp3) is 0.381. The molecule has 2 saturated heterocycles. The number of hydrogen-bond acceptors (Lipinski definition) is 4. The maximum Gasteiger partial charge on any atom is 0.250 e. The van der Waals surface area contributed by atoms with E-state index in [0.29, 0.717) is 6.54 Å². The number of hydrogen-bond donors (Lipinski definition) is 2. The molecule has 6 heteroatoms. The van der Waals surface area contributed by atoms with Crippen molar-refractivity contribution in [3.05, 3.63) is 59.9 Å². The molecule has 1 aromatic carbocycles. The van der Waals surface area contributed by atoms with Crippen molar-refractivity contribution in [3.8, 4) is 0 Å². The summed E-state index contributed by atoms with van der Waals surface area (Å²) in [5.74, 6) is -0.502. The molecule has 1 spiro atoms. The number of carbonyl (C=O) groups excluding carboxylic acids is 2. The second-order valence-electron chi connectivity index (χ2n) is 7.62. The molecule has 2 aromatic rings. The quantitative estimate of drug-likeness (QED) is 0.876. The topological polar surface area (TPSA) is 74.3 Å². The molecule has 3 aliphatic rings. The van der Waals surface area contributed by atoms with E-state index in [2.05, 4.69) is 20.5 Å². The van der Waals surface area contributed by atoms with E-state index in [1.54, 1.807) is 12.4 Å². The molecule has 3 aliphatic heterocycles. The molecule has 138 valence electrons. The van der Waals surface area contributed by atoms with Crippen LogP contribution in [0.2, 0.25) is 0 Å². The van der Waals surface area contributed by atoms with Crippen LogP contribution in [0.5, 0.6) is 0 Å². The molecule has 0 aliphatic carbocycles. The van der Waals surface area contributed by atoms with Crippen molar-refractivity contribution in [2.45, 2.75) is 37.4 Å². The minimum Gasteiger partial charge on any atom is -0.352 e. The number of rotatable bonds is 3. The Morgan fingerprint density at radius 2 is 2.19 bits per heavy atom. The molecule has 5 rings (SSSR count). The lowest BCUT2D eigenvalue weighted by Crippen LogP contribution is -2.54. The first kappa shape index (κ1) is 16.4. The van der Waals surface area contributed by atoms with Crippen molar-refractivity contribution in [2.24, 2.45) is 5.92 Å². The van der Waals surface area contributed by atoms with Crippen LogP contribution in [0.3, 0.4) is 0 Å². The fourth-order valence-electron chi connectivity index (χ4n) is 5.20. The number of anilines is 1. The van der Waals surface area contributed by atoms with Gasteiger partial charge in [-0.15, -0.1) is 0 Å². The van der Waals surface area contributed by atoms with Crippen LogP contribution in [0.1, 0.15) is 30.4 Å². The summed E-state index contributed by atoms with van der Waals surface area (Å²) in [5.41, 5.74) is 1.85. The smallest absolute Gasteiger partial charge is 0.250 e. The van der Waals surface area contributed by atoms with Crippen LogP contribution >= 0.6 is 0 Å². The van der Waals surface area contributed by atoms with Crippen LogP contribution in [0, 0.1) is 5.92 Å². The summed E-state index contributed by atoms with van der Waals surface area (Å²) in [5, 5.41) is 6.08. The van der Waals surface area contributed by atoms with Crippen LogP contribution in [-0.2, 0) is 21.7 Å².